The minimum atomic E-state index is 0.0943. The minimum Gasteiger partial charge on any atom is -0.497 e. The third-order valence-corrected chi connectivity index (χ3v) is 5.74. The van der Waals surface area contributed by atoms with E-state index in [-0.39, 0.29) is 5.91 Å². The molecule has 0 spiro atoms. The van der Waals surface area contributed by atoms with Crippen molar-refractivity contribution in [1.29, 1.82) is 0 Å². The molecule has 0 N–H and O–H groups in total. The number of methoxy groups -OCH3 is 5. The topological polar surface area (TPSA) is 69.7 Å². The van der Waals surface area contributed by atoms with Crippen molar-refractivity contribution in [2.24, 2.45) is 0 Å². The average molecular weight is 445 g/mol. The monoisotopic (exact) mass is 444 g/mol. The second kappa shape index (κ2) is 10.9. The summed E-state index contributed by atoms with van der Waals surface area (Å²) in [5.41, 5.74) is 1.88. The van der Waals surface area contributed by atoms with Crippen LogP contribution < -0.4 is 23.7 Å². The van der Waals surface area contributed by atoms with Gasteiger partial charge >= 0.3 is 0 Å². The van der Waals surface area contributed by atoms with Gasteiger partial charge in [-0.2, -0.15) is 0 Å². The molecule has 1 fully saturated rings. The molecular weight excluding hydrogens is 412 g/mol. The molecule has 0 atom stereocenters. The maximum atomic E-state index is 12.9. The first-order valence-electron chi connectivity index (χ1n) is 10.5. The molecule has 2 aromatic carbocycles. The van der Waals surface area contributed by atoms with E-state index in [0.717, 1.165) is 24.2 Å². The number of hydrogen-bond donors (Lipinski definition) is 0. The van der Waals surface area contributed by atoms with Crippen molar-refractivity contribution < 1.29 is 28.5 Å². The molecule has 0 aromatic heterocycles. The van der Waals surface area contributed by atoms with Crippen molar-refractivity contribution in [2.75, 3.05) is 61.7 Å². The highest BCUT2D eigenvalue weighted by Crippen LogP contribution is 2.40. The van der Waals surface area contributed by atoms with Gasteiger partial charge in [-0.1, -0.05) is 12.1 Å². The summed E-state index contributed by atoms with van der Waals surface area (Å²) in [6.07, 6.45) is 0.302. The van der Waals surface area contributed by atoms with Gasteiger partial charge in [0.2, 0.25) is 11.7 Å². The van der Waals surface area contributed by atoms with Gasteiger partial charge in [-0.15, -0.1) is 0 Å². The number of amides is 1. The van der Waals surface area contributed by atoms with Gasteiger partial charge in [-0.25, -0.2) is 0 Å². The Balaban J connectivity index is 1.60. The van der Waals surface area contributed by atoms with Crippen LogP contribution in [0.2, 0.25) is 0 Å². The number of carbonyl (C=O) groups excluding carboxylic acids is 1. The Hall–Kier alpha value is -3.13. The lowest BCUT2D eigenvalue weighted by atomic mass is 10.1. The van der Waals surface area contributed by atoms with E-state index >= 15 is 0 Å². The molecule has 32 heavy (non-hydrogen) atoms. The van der Waals surface area contributed by atoms with Gasteiger partial charge in [-0.05, 0) is 12.1 Å². The number of rotatable bonds is 9. The lowest BCUT2D eigenvalue weighted by molar-refractivity contribution is -0.132. The zero-order valence-corrected chi connectivity index (χ0v) is 19.5. The quantitative estimate of drug-likeness (QED) is 0.589. The van der Waals surface area contributed by atoms with Crippen molar-refractivity contribution in [3.8, 4) is 28.7 Å². The zero-order chi connectivity index (χ0) is 23.1. The Morgan fingerprint density at radius 2 is 1.41 bits per heavy atom. The molecule has 2 aromatic rings. The van der Waals surface area contributed by atoms with Gasteiger partial charge in [0.25, 0.3) is 0 Å². The molecule has 8 heteroatoms. The van der Waals surface area contributed by atoms with Crippen LogP contribution in [0, 0.1) is 0 Å². The maximum absolute atomic E-state index is 12.9. The molecule has 1 amide bonds. The molecule has 0 aliphatic carbocycles. The second-order valence-corrected chi connectivity index (χ2v) is 7.50. The highest BCUT2D eigenvalue weighted by Gasteiger charge is 2.24. The van der Waals surface area contributed by atoms with Crippen LogP contribution in [0.4, 0.5) is 0 Å². The summed E-state index contributed by atoms with van der Waals surface area (Å²) in [5.74, 6) is 3.37. The second-order valence-electron chi connectivity index (χ2n) is 7.50. The Morgan fingerprint density at radius 3 is 2.00 bits per heavy atom. The first kappa shape index (κ1) is 23.5. The highest BCUT2D eigenvalue weighted by molar-refractivity contribution is 5.79. The van der Waals surface area contributed by atoms with Crippen LogP contribution in [0.3, 0.4) is 0 Å². The molecule has 1 saturated heterocycles. The van der Waals surface area contributed by atoms with E-state index in [2.05, 4.69) is 4.90 Å². The van der Waals surface area contributed by atoms with Crippen molar-refractivity contribution in [3.05, 3.63) is 41.5 Å². The largest absolute Gasteiger partial charge is 0.497 e. The van der Waals surface area contributed by atoms with Crippen LogP contribution in [0.5, 0.6) is 28.7 Å². The number of piperazine rings is 1. The fourth-order valence-electron chi connectivity index (χ4n) is 3.96. The summed E-state index contributed by atoms with van der Waals surface area (Å²) in [5, 5.41) is 0. The van der Waals surface area contributed by atoms with Gasteiger partial charge in [0.05, 0.1) is 42.0 Å². The van der Waals surface area contributed by atoms with E-state index in [1.807, 2.05) is 29.2 Å². The first-order chi connectivity index (χ1) is 15.5. The van der Waals surface area contributed by atoms with Gasteiger partial charge in [0, 0.05) is 49.9 Å². The van der Waals surface area contributed by atoms with Crippen LogP contribution in [0.15, 0.2) is 30.3 Å². The van der Waals surface area contributed by atoms with Crippen molar-refractivity contribution in [1.82, 2.24) is 9.80 Å². The molecule has 1 aliphatic heterocycles. The fraction of sp³-hybridized carbons (Fsp3) is 0.458. The van der Waals surface area contributed by atoms with E-state index in [4.69, 9.17) is 23.7 Å². The average Bonchev–Trinajstić information content (AvgIpc) is 2.84. The molecule has 1 heterocycles. The summed E-state index contributed by atoms with van der Waals surface area (Å²) in [4.78, 5) is 17.1. The van der Waals surface area contributed by atoms with E-state index in [0.29, 0.717) is 54.8 Å². The van der Waals surface area contributed by atoms with Crippen molar-refractivity contribution >= 4 is 5.91 Å². The van der Waals surface area contributed by atoms with Gasteiger partial charge in [0.1, 0.15) is 11.5 Å². The van der Waals surface area contributed by atoms with Gasteiger partial charge in [0.15, 0.2) is 11.5 Å². The van der Waals surface area contributed by atoms with Crippen molar-refractivity contribution in [2.45, 2.75) is 13.0 Å². The summed E-state index contributed by atoms with van der Waals surface area (Å²) in [7, 11) is 8.05. The molecule has 8 nitrogen and oxygen atoms in total. The smallest absolute Gasteiger partial charge is 0.227 e. The molecule has 0 saturated carbocycles. The van der Waals surface area contributed by atoms with Crippen LogP contribution in [0.25, 0.3) is 0 Å². The third-order valence-electron chi connectivity index (χ3n) is 5.74. The lowest BCUT2D eigenvalue weighted by Gasteiger charge is -2.35. The van der Waals surface area contributed by atoms with E-state index in [1.165, 1.54) is 0 Å². The van der Waals surface area contributed by atoms with Gasteiger partial charge in [-0.3, -0.25) is 9.69 Å². The lowest BCUT2D eigenvalue weighted by Crippen LogP contribution is -2.48. The number of hydrogen-bond acceptors (Lipinski definition) is 7. The maximum Gasteiger partial charge on any atom is 0.227 e. The Bertz CT molecular complexity index is 925. The van der Waals surface area contributed by atoms with Crippen LogP contribution in [-0.4, -0.2) is 77.4 Å². The molecular formula is C24H32N2O6. The number of carbonyl (C=O) groups is 1. The number of nitrogens with zero attached hydrogens (tertiary/aromatic N) is 2. The first-order valence-corrected chi connectivity index (χ1v) is 10.5. The standard InChI is InChI=1S/C24H32N2O6/c1-28-19-8-6-17(21(15-19)30-3)14-22(27)26-12-10-25(11-13-26)16-18-7-9-20(29-2)24(32-5)23(18)31-4/h6-9,15H,10-14,16H2,1-5H3. The Morgan fingerprint density at radius 1 is 0.750 bits per heavy atom. The third kappa shape index (κ3) is 5.19. The van der Waals surface area contributed by atoms with Gasteiger partial charge < -0.3 is 28.6 Å². The molecule has 3 rings (SSSR count). The van der Waals surface area contributed by atoms with E-state index in [1.54, 1.807) is 41.6 Å². The molecule has 174 valence electrons. The van der Waals surface area contributed by atoms with Crippen molar-refractivity contribution in [3.63, 3.8) is 0 Å². The normalized spacial score (nSPS) is 14.1. The van der Waals surface area contributed by atoms with Crippen LogP contribution in [0.1, 0.15) is 11.1 Å². The molecule has 0 radical (unpaired) electrons. The number of benzene rings is 2. The summed E-state index contributed by atoms with van der Waals surface area (Å²) in [6, 6.07) is 9.41. The Kier molecular flexibility index (Phi) is 8.05. The summed E-state index contributed by atoms with van der Waals surface area (Å²) >= 11 is 0. The van der Waals surface area contributed by atoms with Crippen LogP contribution >= 0.6 is 0 Å². The molecule has 0 bridgehead atoms. The zero-order valence-electron chi connectivity index (χ0n) is 19.5. The fourth-order valence-corrected chi connectivity index (χ4v) is 3.96. The molecule has 1 aliphatic rings. The number of ether oxygens (including phenoxy) is 5. The van der Waals surface area contributed by atoms with E-state index < -0.39 is 0 Å². The predicted molar refractivity (Wildman–Crippen MR) is 121 cm³/mol. The molecule has 0 unspecified atom stereocenters. The predicted octanol–water partition coefficient (Wildman–Crippen LogP) is 2.62. The summed E-state index contributed by atoms with van der Waals surface area (Å²) in [6.45, 7) is 3.61. The highest BCUT2D eigenvalue weighted by atomic mass is 16.5. The SMILES string of the molecule is COc1ccc(CC(=O)N2CCN(Cc3ccc(OC)c(OC)c3OC)CC2)c(OC)c1. The van der Waals surface area contributed by atoms with E-state index in [9.17, 15) is 4.79 Å². The Labute approximate surface area is 189 Å². The summed E-state index contributed by atoms with van der Waals surface area (Å²) < 4.78 is 27.1. The minimum absolute atomic E-state index is 0.0943. The van der Waals surface area contributed by atoms with Crippen LogP contribution in [-0.2, 0) is 17.8 Å².